The van der Waals surface area contributed by atoms with Crippen molar-refractivity contribution in [3.05, 3.63) is 45.5 Å². The van der Waals surface area contributed by atoms with Gasteiger partial charge in [0.05, 0.1) is 17.6 Å². The third-order valence-corrected chi connectivity index (χ3v) is 4.69. The molecule has 0 fully saturated rings. The van der Waals surface area contributed by atoms with Gasteiger partial charge in [0.15, 0.2) is 0 Å². The minimum atomic E-state index is -0.357. The second-order valence-corrected chi connectivity index (χ2v) is 6.63. The van der Waals surface area contributed by atoms with Crippen LogP contribution in [0, 0.1) is 6.92 Å². The van der Waals surface area contributed by atoms with Crippen LogP contribution in [0.15, 0.2) is 34.4 Å². The number of halogens is 1. The molecule has 1 aromatic carbocycles. The van der Waals surface area contributed by atoms with Crippen LogP contribution in [0.2, 0.25) is 0 Å². The molecule has 2 heterocycles. The number of benzene rings is 1. The van der Waals surface area contributed by atoms with Gasteiger partial charge in [0.25, 0.3) is 0 Å². The number of anilines is 2. The minimum absolute atomic E-state index is 0.332. The number of esters is 1. The third-order valence-electron chi connectivity index (χ3n) is 3.31. The van der Waals surface area contributed by atoms with Gasteiger partial charge in [-0.15, -0.1) is 11.3 Å². The van der Waals surface area contributed by atoms with Crippen molar-refractivity contribution in [3.63, 3.8) is 0 Å². The summed E-state index contributed by atoms with van der Waals surface area (Å²) in [6.07, 6.45) is 1.49. The van der Waals surface area contributed by atoms with Gasteiger partial charge in [0, 0.05) is 15.5 Å². The summed E-state index contributed by atoms with van der Waals surface area (Å²) in [6, 6.07) is 5.93. The first-order chi connectivity index (χ1) is 11.1. The molecule has 3 aromatic rings. The molecule has 0 radical (unpaired) electrons. The van der Waals surface area contributed by atoms with E-state index in [9.17, 15) is 4.79 Å². The summed E-state index contributed by atoms with van der Waals surface area (Å²) in [6.45, 7) is 4.12. The van der Waals surface area contributed by atoms with Gasteiger partial charge in [0.1, 0.15) is 17.0 Å². The SMILES string of the molecule is CCOC(=O)c1csc2ncnc(Nc3ccc(Br)cc3C)c12. The number of fused-ring (bicyclic) bond motifs is 1. The van der Waals surface area contributed by atoms with Crippen LogP contribution < -0.4 is 5.32 Å². The van der Waals surface area contributed by atoms with E-state index < -0.39 is 0 Å². The Morgan fingerprint density at radius 3 is 2.96 bits per heavy atom. The summed E-state index contributed by atoms with van der Waals surface area (Å²) in [4.78, 5) is 21.4. The molecule has 0 saturated heterocycles. The highest BCUT2D eigenvalue weighted by atomic mass is 79.9. The van der Waals surface area contributed by atoms with E-state index >= 15 is 0 Å². The van der Waals surface area contributed by atoms with Gasteiger partial charge in [-0.05, 0) is 37.6 Å². The summed E-state index contributed by atoms with van der Waals surface area (Å²) in [5, 5.41) is 5.75. The monoisotopic (exact) mass is 391 g/mol. The molecule has 3 rings (SSSR count). The average Bonchev–Trinajstić information content (AvgIpc) is 2.95. The van der Waals surface area contributed by atoms with E-state index in [1.807, 2.05) is 25.1 Å². The maximum atomic E-state index is 12.1. The number of thiophene rings is 1. The molecule has 118 valence electrons. The average molecular weight is 392 g/mol. The number of nitrogens with zero attached hydrogens (tertiary/aromatic N) is 2. The Morgan fingerprint density at radius 1 is 1.39 bits per heavy atom. The second-order valence-electron chi connectivity index (χ2n) is 4.86. The number of nitrogens with one attached hydrogen (secondary N) is 1. The number of carbonyl (C=O) groups is 1. The van der Waals surface area contributed by atoms with Gasteiger partial charge < -0.3 is 10.1 Å². The zero-order valence-electron chi connectivity index (χ0n) is 12.6. The fourth-order valence-corrected chi connectivity index (χ4v) is 3.58. The maximum absolute atomic E-state index is 12.1. The van der Waals surface area contributed by atoms with Crippen LogP contribution in [0.5, 0.6) is 0 Å². The Labute approximate surface area is 145 Å². The molecule has 5 nitrogen and oxygen atoms in total. The molecule has 2 aromatic heterocycles. The predicted octanol–water partition coefficient (Wildman–Crippen LogP) is 4.68. The van der Waals surface area contributed by atoms with Crippen LogP contribution >= 0.6 is 27.3 Å². The lowest BCUT2D eigenvalue weighted by Gasteiger charge is -2.10. The fourth-order valence-electron chi connectivity index (χ4n) is 2.22. The van der Waals surface area contributed by atoms with Crippen molar-refractivity contribution in [3.8, 4) is 0 Å². The van der Waals surface area contributed by atoms with Crippen molar-refractivity contribution in [2.45, 2.75) is 13.8 Å². The Hall–Kier alpha value is -1.99. The van der Waals surface area contributed by atoms with Crippen LogP contribution in [-0.2, 0) is 4.74 Å². The van der Waals surface area contributed by atoms with Crippen molar-refractivity contribution < 1.29 is 9.53 Å². The van der Waals surface area contributed by atoms with E-state index in [2.05, 4.69) is 31.2 Å². The maximum Gasteiger partial charge on any atom is 0.339 e. The Bertz CT molecular complexity index is 879. The van der Waals surface area contributed by atoms with Crippen molar-refractivity contribution >= 4 is 55.0 Å². The first-order valence-corrected chi connectivity index (χ1v) is 8.70. The molecular weight excluding hydrogens is 378 g/mol. The van der Waals surface area contributed by atoms with Crippen molar-refractivity contribution in [2.75, 3.05) is 11.9 Å². The van der Waals surface area contributed by atoms with Crippen LogP contribution in [-0.4, -0.2) is 22.5 Å². The zero-order valence-corrected chi connectivity index (χ0v) is 15.0. The molecule has 0 atom stereocenters. The molecule has 1 N–H and O–H groups in total. The van der Waals surface area contributed by atoms with Gasteiger partial charge in [-0.3, -0.25) is 0 Å². The highest BCUT2D eigenvalue weighted by Crippen LogP contribution is 2.32. The first-order valence-electron chi connectivity index (χ1n) is 7.02. The van der Waals surface area contributed by atoms with Gasteiger partial charge in [-0.25, -0.2) is 14.8 Å². The van der Waals surface area contributed by atoms with Crippen LogP contribution in [0.3, 0.4) is 0 Å². The van der Waals surface area contributed by atoms with E-state index in [0.717, 1.165) is 20.6 Å². The minimum Gasteiger partial charge on any atom is -0.462 e. The Kier molecular flexibility index (Phi) is 4.58. The first kappa shape index (κ1) is 15.9. The molecule has 0 bridgehead atoms. The number of ether oxygens (including phenoxy) is 1. The second kappa shape index (κ2) is 6.64. The fraction of sp³-hybridized carbons (Fsp3) is 0.188. The number of carbonyl (C=O) groups excluding carboxylic acids is 1. The molecule has 0 amide bonds. The summed E-state index contributed by atoms with van der Waals surface area (Å²) >= 11 is 4.85. The molecule has 0 unspecified atom stereocenters. The standard InChI is InChI=1S/C16H14BrN3O2S/c1-3-22-16(21)11-7-23-15-13(11)14(18-8-19-15)20-12-5-4-10(17)6-9(12)2/h4-8H,3H2,1-2H3,(H,18,19,20). The van der Waals surface area contributed by atoms with Gasteiger partial charge >= 0.3 is 5.97 Å². The third kappa shape index (κ3) is 3.20. The molecule has 0 aliphatic carbocycles. The number of rotatable bonds is 4. The largest absolute Gasteiger partial charge is 0.462 e. The van der Waals surface area contributed by atoms with Gasteiger partial charge in [-0.1, -0.05) is 15.9 Å². The molecule has 0 aliphatic heterocycles. The highest BCUT2D eigenvalue weighted by Gasteiger charge is 2.18. The summed E-state index contributed by atoms with van der Waals surface area (Å²) in [5.41, 5.74) is 2.48. The lowest BCUT2D eigenvalue weighted by molar-refractivity contribution is 0.0529. The van der Waals surface area contributed by atoms with Gasteiger partial charge in [0.2, 0.25) is 0 Å². The van der Waals surface area contributed by atoms with E-state index in [4.69, 9.17) is 4.74 Å². The zero-order chi connectivity index (χ0) is 16.4. The van der Waals surface area contributed by atoms with Crippen molar-refractivity contribution in [1.29, 1.82) is 0 Å². The lowest BCUT2D eigenvalue weighted by Crippen LogP contribution is -2.05. The normalized spacial score (nSPS) is 10.7. The van der Waals surface area contributed by atoms with E-state index in [-0.39, 0.29) is 5.97 Å². The van der Waals surface area contributed by atoms with E-state index in [0.29, 0.717) is 23.4 Å². The summed E-state index contributed by atoms with van der Waals surface area (Å²) in [7, 11) is 0. The molecule has 23 heavy (non-hydrogen) atoms. The van der Waals surface area contributed by atoms with Crippen molar-refractivity contribution in [1.82, 2.24) is 9.97 Å². The molecule has 0 spiro atoms. The number of hydrogen-bond acceptors (Lipinski definition) is 6. The predicted molar refractivity (Wildman–Crippen MR) is 95.5 cm³/mol. The smallest absolute Gasteiger partial charge is 0.339 e. The number of aromatic nitrogens is 2. The number of hydrogen-bond donors (Lipinski definition) is 1. The van der Waals surface area contributed by atoms with E-state index in [1.54, 1.807) is 12.3 Å². The van der Waals surface area contributed by atoms with Crippen LogP contribution in [0.1, 0.15) is 22.8 Å². The summed E-state index contributed by atoms with van der Waals surface area (Å²) in [5.74, 6) is 0.244. The van der Waals surface area contributed by atoms with Crippen LogP contribution in [0.4, 0.5) is 11.5 Å². The quantitative estimate of drug-likeness (QED) is 0.653. The number of aryl methyl sites for hydroxylation is 1. The van der Waals surface area contributed by atoms with Crippen LogP contribution in [0.25, 0.3) is 10.2 Å². The summed E-state index contributed by atoms with van der Waals surface area (Å²) < 4.78 is 6.13. The Morgan fingerprint density at radius 2 is 2.22 bits per heavy atom. The highest BCUT2D eigenvalue weighted by molar-refractivity contribution is 9.10. The molecule has 7 heteroatoms. The van der Waals surface area contributed by atoms with E-state index in [1.165, 1.54) is 17.7 Å². The molecule has 0 aliphatic rings. The molecular formula is C16H14BrN3O2S. The topological polar surface area (TPSA) is 64.1 Å². The lowest BCUT2D eigenvalue weighted by atomic mass is 10.2. The molecule has 0 saturated carbocycles. The Balaban J connectivity index is 2.06. The van der Waals surface area contributed by atoms with Crippen molar-refractivity contribution in [2.24, 2.45) is 0 Å². The van der Waals surface area contributed by atoms with Gasteiger partial charge in [-0.2, -0.15) is 0 Å².